The topological polar surface area (TPSA) is 35.2 Å². The number of nitrogens with two attached hydrogens (primary N) is 1. The van der Waals surface area contributed by atoms with Crippen LogP contribution in [-0.2, 0) is 11.2 Å². The van der Waals surface area contributed by atoms with Gasteiger partial charge in [0.25, 0.3) is 0 Å². The maximum Gasteiger partial charge on any atom is 0.102 e. The molecule has 72 valence electrons. The van der Waals surface area contributed by atoms with Crippen LogP contribution in [0, 0.1) is 6.92 Å². The van der Waals surface area contributed by atoms with Crippen molar-refractivity contribution in [1.29, 1.82) is 0 Å². The highest BCUT2D eigenvalue weighted by atomic mass is 16.5. The molecule has 0 fully saturated rings. The van der Waals surface area contributed by atoms with Crippen LogP contribution in [-0.4, -0.2) is 12.8 Å². The highest BCUT2D eigenvalue weighted by Crippen LogP contribution is 2.03. The van der Waals surface area contributed by atoms with Crippen LogP contribution in [0.25, 0.3) is 0 Å². The molecule has 1 aromatic rings. The summed E-state index contributed by atoms with van der Waals surface area (Å²) in [4.78, 5) is 0. The second kappa shape index (κ2) is 5.00. The van der Waals surface area contributed by atoms with E-state index >= 15 is 0 Å². The van der Waals surface area contributed by atoms with E-state index in [-0.39, 0.29) is 6.23 Å². The summed E-state index contributed by atoms with van der Waals surface area (Å²) in [6.07, 6.45) is 0.771. The van der Waals surface area contributed by atoms with Crippen molar-refractivity contribution >= 4 is 0 Å². The summed E-state index contributed by atoms with van der Waals surface area (Å²) in [7, 11) is 0. The minimum absolute atomic E-state index is 0.162. The van der Waals surface area contributed by atoms with E-state index in [1.165, 1.54) is 11.1 Å². The lowest BCUT2D eigenvalue weighted by Gasteiger charge is -2.07. The molecule has 0 bridgehead atoms. The molecule has 2 nitrogen and oxygen atoms in total. The monoisotopic (exact) mass is 179 g/mol. The van der Waals surface area contributed by atoms with Gasteiger partial charge in [-0.1, -0.05) is 29.8 Å². The summed E-state index contributed by atoms with van der Waals surface area (Å²) in [6, 6.07) is 8.47. The summed E-state index contributed by atoms with van der Waals surface area (Å²) >= 11 is 0. The Morgan fingerprint density at radius 2 is 1.92 bits per heavy atom. The highest BCUT2D eigenvalue weighted by Gasteiger charge is 1.95. The fraction of sp³-hybridized carbons (Fsp3) is 0.455. The number of aryl methyl sites for hydroxylation is 1. The quantitative estimate of drug-likeness (QED) is 0.716. The van der Waals surface area contributed by atoms with Crippen molar-refractivity contribution in [2.75, 3.05) is 6.61 Å². The van der Waals surface area contributed by atoms with Crippen LogP contribution >= 0.6 is 0 Å². The van der Waals surface area contributed by atoms with Crippen molar-refractivity contribution in [3.63, 3.8) is 0 Å². The van der Waals surface area contributed by atoms with Gasteiger partial charge in [-0.2, -0.15) is 0 Å². The molecule has 0 saturated heterocycles. The minimum Gasteiger partial charge on any atom is -0.364 e. The van der Waals surface area contributed by atoms with Gasteiger partial charge in [0, 0.05) is 0 Å². The summed E-state index contributed by atoms with van der Waals surface area (Å²) in [5, 5.41) is 0. The predicted molar refractivity (Wildman–Crippen MR) is 54.5 cm³/mol. The van der Waals surface area contributed by atoms with E-state index in [1.807, 2.05) is 6.92 Å². The molecule has 0 amide bonds. The summed E-state index contributed by atoms with van der Waals surface area (Å²) in [5.74, 6) is 0. The van der Waals surface area contributed by atoms with Gasteiger partial charge in [0.15, 0.2) is 0 Å². The number of hydrogen-bond acceptors (Lipinski definition) is 2. The largest absolute Gasteiger partial charge is 0.364 e. The standard InChI is InChI=1S/C11H17NO/c1-9-3-5-11(6-4-9)7-8-13-10(2)12/h3-6,10H,7-8,12H2,1-2H3. The number of benzene rings is 1. The molecule has 2 N–H and O–H groups in total. The third kappa shape index (κ3) is 4.06. The average molecular weight is 179 g/mol. The molecule has 1 unspecified atom stereocenters. The molecular weight excluding hydrogens is 162 g/mol. The molecule has 0 aliphatic rings. The molecule has 0 saturated carbocycles. The smallest absolute Gasteiger partial charge is 0.102 e. The van der Waals surface area contributed by atoms with Crippen LogP contribution in [0.5, 0.6) is 0 Å². The molecule has 0 spiro atoms. The Balaban J connectivity index is 2.33. The van der Waals surface area contributed by atoms with Gasteiger partial charge < -0.3 is 10.5 Å². The van der Waals surface area contributed by atoms with Gasteiger partial charge in [-0.05, 0) is 25.8 Å². The van der Waals surface area contributed by atoms with E-state index < -0.39 is 0 Å². The number of rotatable bonds is 4. The maximum absolute atomic E-state index is 5.46. The van der Waals surface area contributed by atoms with Crippen molar-refractivity contribution < 1.29 is 4.74 Å². The fourth-order valence-electron chi connectivity index (χ4n) is 1.12. The molecule has 0 heterocycles. The van der Waals surface area contributed by atoms with Gasteiger partial charge in [0.05, 0.1) is 6.61 Å². The Morgan fingerprint density at radius 1 is 1.31 bits per heavy atom. The molecule has 13 heavy (non-hydrogen) atoms. The zero-order chi connectivity index (χ0) is 9.68. The van der Waals surface area contributed by atoms with Crippen molar-refractivity contribution in [2.45, 2.75) is 26.5 Å². The fourth-order valence-corrected chi connectivity index (χ4v) is 1.12. The van der Waals surface area contributed by atoms with Crippen molar-refractivity contribution in [3.05, 3.63) is 35.4 Å². The molecule has 0 aromatic heterocycles. The second-order valence-electron chi connectivity index (χ2n) is 3.31. The summed E-state index contributed by atoms with van der Waals surface area (Å²) in [5.41, 5.74) is 8.04. The first-order valence-electron chi connectivity index (χ1n) is 4.61. The second-order valence-corrected chi connectivity index (χ2v) is 3.31. The van der Waals surface area contributed by atoms with Gasteiger partial charge in [-0.3, -0.25) is 0 Å². The Morgan fingerprint density at radius 3 is 2.46 bits per heavy atom. The highest BCUT2D eigenvalue weighted by molar-refractivity contribution is 5.21. The SMILES string of the molecule is Cc1ccc(CCOC(C)N)cc1. The van der Waals surface area contributed by atoms with E-state index in [4.69, 9.17) is 10.5 Å². The van der Waals surface area contributed by atoms with Gasteiger partial charge >= 0.3 is 0 Å². The van der Waals surface area contributed by atoms with Gasteiger partial charge in [-0.25, -0.2) is 0 Å². The normalized spacial score (nSPS) is 12.8. The lowest BCUT2D eigenvalue weighted by atomic mass is 10.1. The lowest BCUT2D eigenvalue weighted by molar-refractivity contribution is 0.0731. The Labute approximate surface area is 79.7 Å². The van der Waals surface area contributed by atoms with Crippen molar-refractivity contribution in [2.24, 2.45) is 5.73 Å². The van der Waals surface area contributed by atoms with Crippen molar-refractivity contribution in [1.82, 2.24) is 0 Å². The van der Waals surface area contributed by atoms with Gasteiger partial charge in [0.2, 0.25) is 0 Å². The number of hydrogen-bond donors (Lipinski definition) is 1. The predicted octanol–water partition coefficient (Wildman–Crippen LogP) is 1.86. The number of ether oxygens (including phenoxy) is 1. The van der Waals surface area contributed by atoms with Crippen LogP contribution < -0.4 is 5.73 Å². The molecule has 1 aromatic carbocycles. The summed E-state index contributed by atoms with van der Waals surface area (Å²) in [6.45, 7) is 4.62. The minimum atomic E-state index is -0.162. The Hall–Kier alpha value is -0.860. The van der Waals surface area contributed by atoms with Crippen LogP contribution in [0.2, 0.25) is 0 Å². The lowest BCUT2D eigenvalue weighted by Crippen LogP contribution is -2.20. The van der Waals surface area contributed by atoms with Crippen molar-refractivity contribution in [3.8, 4) is 0 Å². The van der Waals surface area contributed by atoms with E-state index in [9.17, 15) is 0 Å². The first-order chi connectivity index (χ1) is 6.18. The van der Waals surface area contributed by atoms with Gasteiger partial charge in [-0.15, -0.1) is 0 Å². The molecule has 1 rings (SSSR count). The molecule has 1 atom stereocenters. The Kier molecular flexibility index (Phi) is 3.93. The van der Waals surface area contributed by atoms with E-state index in [0.29, 0.717) is 6.61 Å². The van der Waals surface area contributed by atoms with E-state index in [0.717, 1.165) is 6.42 Å². The molecule has 0 radical (unpaired) electrons. The molecule has 0 aliphatic heterocycles. The first-order valence-corrected chi connectivity index (χ1v) is 4.61. The maximum atomic E-state index is 5.46. The Bertz CT molecular complexity index is 241. The van der Waals surface area contributed by atoms with Crippen LogP contribution in [0.4, 0.5) is 0 Å². The van der Waals surface area contributed by atoms with Crippen LogP contribution in [0.1, 0.15) is 18.1 Å². The van der Waals surface area contributed by atoms with E-state index in [2.05, 4.69) is 31.2 Å². The van der Waals surface area contributed by atoms with E-state index in [1.54, 1.807) is 0 Å². The average Bonchev–Trinajstić information content (AvgIpc) is 2.08. The molecule has 0 aliphatic carbocycles. The third-order valence-corrected chi connectivity index (χ3v) is 1.89. The van der Waals surface area contributed by atoms with Crippen LogP contribution in [0.3, 0.4) is 0 Å². The molecular formula is C11H17NO. The third-order valence-electron chi connectivity index (χ3n) is 1.89. The first kappa shape index (κ1) is 10.2. The molecule has 2 heteroatoms. The zero-order valence-electron chi connectivity index (χ0n) is 8.29. The van der Waals surface area contributed by atoms with Gasteiger partial charge in [0.1, 0.15) is 6.23 Å². The van der Waals surface area contributed by atoms with Crippen LogP contribution in [0.15, 0.2) is 24.3 Å². The zero-order valence-corrected chi connectivity index (χ0v) is 8.29. The summed E-state index contributed by atoms with van der Waals surface area (Å²) < 4.78 is 5.25.